The van der Waals surface area contributed by atoms with Gasteiger partial charge in [0.1, 0.15) is 11.5 Å². The topological polar surface area (TPSA) is 63.7 Å². The number of morpholine rings is 1. The molecule has 0 atom stereocenters. The Hall–Kier alpha value is -2.52. The predicted molar refractivity (Wildman–Crippen MR) is 131 cm³/mol. The predicted octanol–water partition coefficient (Wildman–Crippen LogP) is 4.98. The van der Waals surface area contributed by atoms with Crippen molar-refractivity contribution in [2.45, 2.75) is 13.8 Å². The maximum absolute atomic E-state index is 12.9. The average Bonchev–Trinajstić information content (AvgIpc) is 3.33. The third-order valence-corrected chi connectivity index (χ3v) is 7.73. The summed E-state index contributed by atoms with van der Waals surface area (Å²) in [5, 5.41) is 4.06. The number of aryl methyl sites for hydroxylation is 2. The fourth-order valence-corrected chi connectivity index (χ4v) is 6.04. The number of carbonyl (C=O) groups is 1. The van der Waals surface area contributed by atoms with Crippen LogP contribution < -0.4 is 10.1 Å². The fourth-order valence-electron chi connectivity index (χ4n) is 4.03. The lowest BCUT2D eigenvalue weighted by Crippen LogP contribution is -2.41. The highest BCUT2D eigenvalue weighted by Gasteiger charge is 2.18. The first-order valence-corrected chi connectivity index (χ1v) is 12.4. The molecule has 0 radical (unpaired) electrons. The van der Waals surface area contributed by atoms with Crippen molar-refractivity contribution in [1.82, 2.24) is 15.2 Å². The summed E-state index contributed by atoms with van der Waals surface area (Å²) < 4.78 is 13.7. The van der Waals surface area contributed by atoms with E-state index in [1.165, 1.54) is 4.88 Å². The van der Waals surface area contributed by atoms with Gasteiger partial charge in [0.2, 0.25) is 0 Å². The van der Waals surface area contributed by atoms with E-state index in [0.717, 1.165) is 75.1 Å². The van der Waals surface area contributed by atoms with Gasteiger partial charge in [-0.3, -0.25) is 14.7 Å². The molecule has 0 unspecified atom stereocenters. The molecule has 6 nitrogen and oxygen atoms in total. The third kappa shape index (κ3) is 4.36. The molecule has 1 saturated heterocycles. The van der Waals surface area contributed by atoms with E-state index < -0.39 is 0 Å². The van der Waals surface area contributed by atoms with E-state index in [1.54, 1.807) is 28.9 Å². The molecule has 166 valence electrons. The van der Waals surface area contributed by atoms with Crippen LogP contribution in [0.3, 0.4) is 0 Å². The van der Waals surface area contributed by atoms with Crippen molar-refractivity contribution in [3.05, 3.63) is 51.8 Å². The van der Waals surface area contributed by atoms with Crippen LogP contribution in [0, 0.1) is 13.8 Å². The Kier molecular flexibility index (Phi) is 6.10. The lowest BCUT2D eigenvalue weighted by Gasteiger charge is -2.26. The van der Waals surface area contributed by atoms with Gasteiger partial charge in [0.25, 0.3) is 5.91 Å². The number of hydrogen-bond donors (Lipinski definition) is 1. The van der Waals surface area contributed by atoms with Crippen molar-refractivity contribution < 1.29 is 14.3 Å². The largest absolute Gasteiger partial charge is 0.456 e. The molecule has 0 bridgehead atoms. The number of hydrogen-bond acceptors (Lipinski definition) is 7. The molecule has 1 amide bonds. The summed E-state index contributed by atoms with van der Waals surface area (Å²) in [6.45, 7) is 8.94. The van der Waals surface area contributed by atoms with Gasteiger partial charge < -0.3 is 14.8 Å². The number of nitrogens with one attached hydrogen (secondary N) is 1. The van der Waals surface area contributed by atoms with Crippen LogP contribution >= 0.6 is 22.7 Å². The highest BCUT2D eigenvalue weighted by Crippen LogP contribution is 2.37. The monoisotopic (exact) mass is 467 g/mol. The lowest BCUT2D eigenvalue weighted by molar-refractivity contribution is 0.0383. The van der Waals surface area contributed by atoms with Crippen LogP contribution in [-0.4, -0.2) is 55.2 Å². The molecular formula is C24H25N3O3S2. The molecule has 1 aliphatic heterocycles. The van der Waals surface area contributed by atoms with Gasteiger partial charge in [-0.15, -0.1) is 22.7 Å². The second-order valence-corrected chi connectivity index (χ2v) is 10.4. The van der Waals surface area contributed by atoms with E-state index in [4.69, 9.17) is 9.47 Å². The first-order chi connectivity index (χ1) is 15.6. The second-order valence-electron chi connectivity index (χ2n) is 7.88. The summed E-state index contributed by atoms with van der Waals surface area (Å²) in [4.78, 5) is 21.9. The standard InChI is InChI=1S/C24H25N3O3S2/c1-15-13-19-23(31-15)20(5-6-25-19)30-17-3-4-18-21(14-17)32-16(2)22(18)24(28)26-7-8-27-9-11-29-12-10-27/h3-6,13-14H,7-12H2,1-2H3,(H,26,28). The van der Waals surface area contributed by atoms with Gasteiger partial charge >= 0.3 is 0 Å². The highest BCUT2D eigenvalue weighted by molar-refractivity contribution is 7.19. The van der Waals surface area contributed by atoms with Crippen molar-refractivity contribution in [2.24, 2.45) is 0 Å². The number of carbonyl (C=O) groups excluding carboxylic acids is 1. The molecular weight excluding hydrogens is 442 g/mol. The molecule has 4 heterocycles. The maximum Gasteiger partial charge on any atom is 0.253 e. The zero-order valence-corrected chi connectivity index (χ0v) is 19.8. The van der Waals surface area contributed by atoms with Crippen molar-refractivity contribution in [3.63, 3.8) is 0 Å². The van der Waals surface area contributed by atoms with Crippen molar-refractivity contribution >= 4 is 48.9 Å². The average molecular weight is 468 g/mol. The van der Waals surface area contributed by atoms with Crippen molar-refractivity contribution in [3.8, 4) is 11.5 Å². The Labute approximate surface area is 194 Å². The molecule has 0 saturated carbocycles. The Balaban J connectivity index is 1.32. The Bertz CT molecular complexity index is 1270. The van der Waals surface area contributed by atoms with E-state index in [9.17, 15) is 4.79 Å². The van der Waals surface area contributed by atoms with Crippen LogP contribution in [0.25, 0.3) is 20.3 Å². The van der Waals surface area contributed by atoms with Crippen LogP contribution in [0.4, 0.5) is 0 Å². The van der Waals surface area contributed by atoms with E-state index in [-0.39, 0.29) is 5.91 Å². The van der Waals surface area contributed by atoms with Gasteiger partial charge in [-0.1, -0.05) is 0 Å². The van der Waals surface area contributed by atoms with Gasteiger partial charge in [0.15, 0.2) is 0 Å². The van der Waals surface area contributed by atoms with Gasteiger partial charge in [0, 0.05) is 58.3 Å². The molecule has 4 aromatic rings. The molecule has 1 N–H and O–H groups in total. The van der Waals surface area contributed by atoms with Crippen LogP contribution in [0.15, 0.2) is 36.5 Å². The minimum absolute atomic E-state index is 0.0134. The first-order valence-electron chi connectivity index (χ1n) is 10.7. The third-order valence-electron chi connectivity index (χ3n) is 5.61. The minimum Gasteiger partial charge on any atom is -0.456 e. The van der Waals surface area contributed by atoms with Gasteiger partial charge in [-0.2, -0.15) is 0 Å². The molecule has 1 aromatic carbocycles. The number of fused-ring (bicyclic) bond motifs is 2. The number of rotatable bonds is 6. The molecule has 1 fully saturated rings. The van der Waals surface area contributed by atoms with Crippen LogP contribution in [0.2, 0.25) is 0 Å². The zero-order chi connectivity index (χ0) is 22.1. The highest BCUT2D eigenvalue weighted by atomic mass is 32.1. The molecule has 3 aromatic heterocycles. The summed E-state index contributed by atoms with van der Waals surface area (Å²) in [5.74, 6) is 1.55. The van der Waals surface area contributed by atoms with Crippen LogP contribution in [-0.2, 0) is 4.74 Å². The molecule has 5 rings (SSSR count). The normalized spacial score (nSPS) is 14.8. The smallest absolute Gasteiger partial charge is 0.253 e. The number of ether oxygens (including phenoxy) is 2. The molecule has 32 heavy (non-hydrogen) atoms. The van der Waals surface area contributed by atoms with E-state index in [2.05, 4.69) is 28.2 Å². The Morgan fingerprint density at radius 1 is 1.19 bits per heavy atom. The van der Waals surface area contributed by atoms with Gasteiger partial charge in [-0.25, -0.2) is 0 Å². The van der Waals surface area contributed by atoms with Gasteiger partial charge in [-0.05, 0) is 38.1 Å². The molecule has 0 aliphatic carbocycles. The molecule has 8 heteroatoms. The number of aromatic nitrogens is 1. The fraction of sp³-hybridized carbons (Fsp3) is 0.333. The Morgan fingerprint density at radius 2 is 2.03 bits per heavy atom. The lowest BCUT2D eigenvalue weighted by atomic mass is 10.1. The number of thiophene rings is 2. The summed E-state index contributed by atoms with van der Waals surface area (Å²) in [5.41, 5.74) is 1.72. The van der Waals surface area contributed by atoms with Crippen molar-refractivity contribution in [1.29, 1.82) is 0 Å². The van der Waals surface area contributed by atoms with E-state index in [0.29, 0.717) is 6.54 Å². The summed E-state index contributed by atoms with van der Waals surface area (Å²) >= 11 is 3.31. The molecule has 1 aliphatic rings. The SMILES string of the molecule is Cc1cc2nccc(Oc3ccc4c(C(=O)NCCN5CCOCC5)c(C)sc4c3)c2s1. The minimum atomic E-state index is -0.0134. The quantitative estimate of drug-likeness (QED) is 0.433. The number of nitrogens with zero attached hydrogens (tertiary/aromatic N) is 2. The zero-order valence-electron chi connectivity index (χ0n) is 18.1. The number of benzene rings is 1. The van der Waals surface area contributed by atoms with Gasteiger partial charge in [0.05, 0.1) is 29.0 Å². The summed E-state index contributed by atoms with van der Waals surface area (Å²) in [6, 6.07) is 9.91. The first kappa shape index (κ1) is 21.3. The second kappa shape index (κ2) is 9.15. The summed E-state index contributed by atoms with van der Waals surface area (Å²) in [7, 11) is 0. The maximum atomic E-state index is 12.9. The van der Waals surface area contributed by atoms with E-state index >= 15 is 0 Å². The summed E-state index contributed by atoms with van der Waals surface area (Å²) in [6.07, 6.45) is 1.77. The van der Waals surface area contributed by atoms with E-state index in [1.807, 2.05) is 31.2 Å². The van der Waals surface area contributed by atoms with Crippen molar-refractivity contribution in [2.75, 3.05) is 39.4 Å². The number of pyridine rings is 1. The molecule has 0 spiro atoms. The van der Waals surface area contributed by atoms with Crippen LogP contribution in [0.1, 0.15) is 20.1 Å². The van der Waals surface area contributed by atoms with Crippen LogP contribution in [0.5, 0.6) is 11.5 Å². The Morgan fingerprint density at radius 3 is 2.88 bits per heavy atom. The number of amides is 1.